The third-order valence-corrected chi connectivity index (χ3v) is 3.69. The second-order valence-electron chi connectivity index (χ2n) is 5.40. The summed E-state index contributed by atoms with van der Waals surface area (Å²) in [6.07, 6.45) is 3.69. The van der Waals surface area contributed by atoms with Gasteiger partial charge >= 0.3 is 0 Å². The van der Waals surface area contributed by atoms with Gasteiger partial charge in [-0.1, -0.05) is 54.1 Å². The van der Waals surface area contributed by atoms with Crippen molar-refractivity contribution in [1.29, 1.82) is 0 Å². The number of nitrogens with zero attached hydrogens (tertiary/aromatic N) is 1. The van der Waals surface area contributed by atoms with Crippen LogP contribution in [0.5, 0.6) is 0 Å². The van der Waals surface area contributed by atoms with E-state index in [9.17, 15) is 4.79 Å². The molecule has 0 aliphatic heterocycles. The van der Waals surface area contributed by atoms with Gasteiger partial charge in [-0.15, -0.1) is 0 Å². The quantitative estimate of drug-likeness (QED) is 0.662. The summed E-state index contributed by atoms with van der Waals surface area (Å²) in [5.41, 5.74) is 5.28. The summed E-state index contributed by atoms with van der Waals surface area (Å²) in [4.78, 5) is 16.2. The molecule has 0 aliphatic carbocycles. The number of pyridine rings is 1. The molecule has 0 aliphatic rings. The molecule has 0 saturated carbocycles. The number of rotatable bonds is 4. The van der Waals surface area contributed by atoms with Crippen molar-refractivity contribution >= 4 is 5.78 Å². The molecule has 108 valence electrons. The van der Waals surface area contributed by atoms with Crippen LogP contribution in [0.4, 0.5) is 0 Å². The molecule has 3 aromatic rings. The second kappa shape index (κ2) is 6.35. The number of aromatic nitrogens is 1. The zero-order valence-electron chi connectivity index (χ0n) is 12.5. The molecule has 1 aromatic heterocycles. The predicted octanol–water partition coefficient (Wildman–Crippen LogP) is 4.48. The number of benzene rings is 2. The Balaban J connectivity index is 1.74. The third-order valence-electron chi connectivity index (χ3n) is 3.69. The molecule has 1 heterocycles. The highest BCUT2D eigenvalue weighted by Crippen LogP contribution is 2.20. The van der Waals surface area contributed by atoms with Crippen LogP contribution in [0.15, 0.2) is 73.1 Å². The van der Waals surface area contributed by atoms with Gasteiger partial charge in [-0.3, -0.25) is 9.78 Å². The number of hydrogen-bond acceptors (Lipinski definition) is 2. The van der Waals surface area contributed by atoms with Gasteiger partial charge in [0.1, 0.15) is 0 Å². The lowest BCUT2D eigenvalue weighted by Crippen LogP contribution is -2.03. The SMILES string of the molecule is Cc1ccc(-c2ccc(CC(=O)c3cccnc3)cc2)cc1. The van der Waals surface area contributed by atoms with Gasteiger partial charge in [0, 0.05) is 24.4 Å². The second-order valence-corrected chi connectivity index (χ2v) is 5.40. The summed E-state index contributed by atoms with van der Waals surface area (Å²) in [6.45, 7) is 2.08. The van der Waals surface area contributed by atoms with Crippen LogP contribution in [0.2, 0.25) is 0 Å². The van der Waals surface area contributed by atoms with Gasteiger partial charge in [-0.25, -0.2) is 0 Å². The first-order chi connectivity index (χ1) is 10.7. The summed E-state index contributed by atoms with van der Waals surface area (Å²) in [7, 11) is 0. The highest BCUT2D eigenvalue weighted by Gasteiger charge is 2.07. The van der Waals surface area contributed by atoms with Gasteiger partial charge < -0.3 is 0 Å². The molecule has 2 nitrogen and oxygen atoms in total. The summed E-state index contributed by atoms with van der Waals surface area (Å²) >= 11 is 0. The Hall–Kier alpha value is -2.74. The number of Topliss-reactive ketones (excluding diaryl/α,β-unsaturated/α-hetero) is 1. The Labute approximate surface area is 130 Å². The van der Waals surface area contributed by atoms with E-state index in [-0.39, 0.29) is 5.78 Å². The molecule has 0 spiro atoms. The molecule has 0 atom stereocenters. The maximum absolute atomic E-state index is 12.2. The van der Waals surface area contributed by atoms with E-state index >= 15 is 0 Å². The van der Waals surface area contributed by atoms with Crippen molar-refractivity contribution in [2.45, 2.75) is 13.3 Å². The molecule has 0 fully saturated rings. The van der Waals surface area contributed by atoms with Crippen LogP contribution < -0.4 is 0 Å². The zero-order chi connectivity index (χ0) is 15.4. The van der Waals surface area contributed by atoms with Crippen molar-refractivity contribution in [3.63, 3.8) is 0 Å². The van der Waals surface area contributed by atoms with Crippen LogP contribution in [-0.4, -0.2) is 10.8 Å². The van der Waals surface area contributed by atoms with E-state index in [4.69, 9.17) is 0 Å². The van der Waals surface area contributed by atoms with Crippen molar-refractivity contribution < 1.29 is 4.79 Å². The van der Waals surface area contributed by atoms with E-state index in [1.165, 1.54) is 11.1 Å². The lowest BCUT2D eigenvalue weighted by molar-refractivity contribution is 0.0992. The topological polar surface area (TPSA) is 30.0 Å². The molecule has 0 unspecified atom stereocenters. The largest absolute Gasteiger partial charge is 0.294 e. The van der Waals surface area contributed by atoms with Gasteiger partial charge in [-0.2, -0.15) is 0 Å². The maximum Gasteiger partial charge on any atom is 0.168 e. The fourth-order valence-electron chi connectivity index (χ4n) is 2.38. The van der Waals surface area contributed by atoms with Crippen molar-refractivity contribution in [2.24, 2.45) is 0 Å². The maximum atomic E-state index is 12.2. The Morgan fingerprint density at radius 1 is 0.909 bits per heavy atom. The van der Waals surface area contributed by atoms with Gasteiger partial charge in [0.05, 0.1) is 0 Å². The van der Waals surface area contributed by atoms with Crippen LogP contribution in [0.3, 0.4) is 0 Å². The van der Waals surface area contributed by atoms with Crippen molar-refractivity contribution in [3.05, 3.63) is 89.7 Å². The van der Waals surface area contributed by atoms with E-state index in [1.807, 2.05) is 12.1 Å². The van der Waals surface area contributed by atoms with Crippen molar-refractivity contribution in [2.75, 3.05) is 0 Å². The summed E-state index contributed by atoms with van der Waals surface area (Å²) in [5.74, 6) is 0.0937. The van der Waals surface area contributed by atoms with Crippen LogP contribution >= 0.6 is 0 Å². The van der Waals surface area contributed by atoms with Crippen LogP contribution in [0.25, 0.3) is 11.1 Å². The molecule has 0 N–H and O–H groups in total. The minimum absolute atomic E-state index is 0.0937. The van der Waals surface area contributed by atoms with Crippen molar-refractivity contribution in [3.8, 4) is 11.1 Å². The Morgan fingerprint density at radius 2 is 1.55 bits per heavy atom. The normalized spacial score (nSPS) is 10.4. The number of ketones is 1. The summed E-state index contributed by atoms with van der Waals surface area (Å²) in [5, 5.41) is 0. The molecular weight excluding hydrogens is 270 g/mol. The molecule has 0 radical (unpaired) electrons. The molecule has 2 heteroatoms. The molecule has 0 amide bonds. The Morgan fingerprint density at radius 3 is 2.14 bits per heavy atom. The number of carbonyl (C=O) groups excluding carboxylic acids is 1. The van der Waals surface area contributed by atoms with E-state index in [0.29, 0.717) is 12.0 Å². The molecule has 0 saturated heterocycles. The summed E-state index contributed by atoms with van der Waals surface area (Å²) < 4.78 is 0. The van der Waals surface area contributed by atoms with Gasteiger partial charge in [0.25, 0.3) is 0 Å². The minimum Gasteiger partial charge on any atom is -0.294 e. The fourth-order valence-corrected chi connectivity index (χ4v) is 2.38. The van der Waals surface area contributed by atoms with Crippen LogP contribution in [-0.2, 0) is 6.42 Å². The van der Waals surface area contributed by atoms with E-state index in [0.717, 1.165) is 11.1 Å². The van der Waals surface area contributed by atoms with Crippen LogP contribution in [0.1, 0.15) is 21.5 Å². The first-order valence-corrected chi connectivity index (χ1v) is 7.31. The third kappa shape index (κ3) is 3.29. The first kappa shape index (κ1) is 14.2. The lowest BCUT2D eigenvalue weighted by atomic mass is 10.00. The lowest BCUT2D eigenvalue weighted by Gasteiger charge is -2.05. The Bertz CT molecular complexity index is 759. The highest BCUT2D eigenvalue weighted by atomic mass is 16.1. The van der Waals surface area contributed by atoms with E-state index in [2.05, 4.69) is 48.3 Å². The molecular formula is C20H17NO. The summed E-state index contributed by atoms with van der Waals surface area (Å²) in [6, 6.07) is 20.2. The van der Waals surface area contributed by atoms with Crippen molar-refractivity contribution in [1.82, 2.24) is 4.98 Å². The van der Waals surface area contributed by atoms with Gasteiger partial charge in [0.2, 0.25) is 0 Å². The highest BCUT2D eigenvalue weighted by molar-refractivity contribution is 5.97. The van der Waals surface area contributed by atoms with E-state index in [1.54, 1.807) is 24.5 Å². The zero-order valence-corrected chi connectivity index (χ0v) is 12.5. The average Bonchev–Trinajstić information content (AvgIpc) is 2.57. The number of carbonyl (C=O) groups is 1. The fraction of sp³-hybridized carbons (Fsp3) is 0.100. The predicted molar refractivity (Wildman–Crippen MR) is 88.9 cm³/mol. The molecule has 22 heavy (non-hydrogen) atoms. The van der Waals surface area contributed by atoms with Crippen LogP contribution in [0, 0.1) is 6.92 Å². The number of aryl methyl sites for hydroxylation is 1. The standard InChI is InChI=1S/C20H17NO/c1-15-4-8-17(9-5-15)18-10-6-16(7-11-18)13-20(22)19-3-2-12-21-14-19/h2-12,14H,13H2,1H3. The van der Waals surface area contributed by atoms with E-state index < -0.39 is 0 Å². The van der Waals surface area contributed by atoms with Gasteiger partial charge in [0.15, 0.2) is 5.78 Å². The Kier molecular flexibility index (Phi) is 4.10. The molecule has 0 bridgehead atoms. The average molecular weight is 287 g/mol. The smallest absolute Gasteiger partial charge is 0.168 e. The molecule has 3 rings (SSSR count). The first-order valence-electron chi connectivity index (χ1n) is 7.31. The number of hydrogen-bond donors (Lipinski definition) is 0. The monoisotopic (exact) mass is 287 g/mol. The molecule has 2 aromatic carbocycles. The minimum atomic E-state index is 0.0937. The van der Waals surface area contributed by atoms with Gasteiger partial charge in [-0.05, 0) is 35.7 Å².